The first-order valence-corrected chi connectivity index (χ1v) is 9.56. The van der Waals surface area contributed by atoms with E-state index in [-0.39, 0.29) is 12.4 Å². The van der Waals surface area contributed by atoms with E-state index in [4.69, 9.17) is 0 Å². The van der Waals surface area contributed by atoms with E-state index >= 15 is 0 Å². The Bertz CT molecular complexity index is 497. The molecule has 2 fully saturated rings. The van der Waals surface area contributed by atoms with Gasteiger partial charge in [-0.05, 0) is 72.5 Å². The molecule has 2 heterocycles. The molecule has 1 aromatic heterocycles. The average molecular weight is 357 g/mol. The number of rotatable bonds is 6. The highest BCUT2D eigenvalue weighted by Crippen LogP contribution is 2.56. The molecule has 2 aliphatic rings. The fourth-order valence-electron chi connectivity index (χ4n) is 3.74. The van der Waals surface area contributed by atoms with Crippen molar-refractivity contribution in [2.45, 2.75) is 58.5 Å². The van der Waals surface area contributed by atoms with E-state index in [2.05, 4.69) is 40.9 Å². The number of hydrogen-bond donors (Lipinski definition) is 1. The van der Waals surface area contributed by atoms with E-state index < -0.39 is 0 Å². The standard InChI is InChI=1S/C18H28N2OS.ClH/c1-14(2)3-4-17(21)20(12-15-5-10-22-13-15)16-11-18(16)6-8-19-9-7-18;/h5,10,13-14,16,19H,3-4,6-9,11-12H2,1-2H3;1H. The quantitative estimate of drug-likeness (QED) is 0.833. The number of hydrogen-bond acceptors (Lipinski definition) is 3. The molecule has 1 atom stereocenters. The summed E-state index contributed by atoms with van der Waals surface area (Å²) in [5.74, 6) is 0.958. The van der Waals surface area contributed by atoms with Gasteiger partial charge in [-0.25, -0.2) is 0 Å². The molecule has 23 heavy (non-hydrogen) atoms. The molecule has 5 heteroatoms. The zero-order chi connectivity index (χ0) is 15.6. The molecular formula is C18H29ClN2OS. The topological polar surface area (TPSA) is 32.3 Å². The maximum Gasteiger partial charge on any atom is 0.223 e. The summed E-state index contributed by atoms with van der Waals surface area (Å²) in [6.45, 7) is 7.43. The molecule has 1 aromatic rings. The van der Waals surface area contributed by atoms with Crippen molar-refractivity contribution in [1.29, 1.82) is 0 Å². The molecule has 130 valence electrons. The molecule has 3 nitrogen and oxygen atoms in total. The number of carbonyl (C=O) groups is 1. The smallest absolute Gasteiger partial charge is 0.223 e. The highest BCUT2D eigenvalue weighted by atomic mass is 35.5. The van der Waals surface area contributed by atoms with E-state index in [0.29, 0.717) is 29.7 Å². The van der Waals surface area contributed by atoms with E-state index in [1.165, 1.54) is 24.8 Å². The molecule has 0 radical (unpaired) electrons. The van der Waals surface area contributed by atoms with Crippen molar-refractivity contribution in [1.82, 2.24) is 10.2 Å². The SMILES string of the molecule is CC(C)CCC(=O)N(Cc1ccsc1)C1CC12CCNCC2.Cl. The zero-order valence-corrected chi connectivity index (χ0v) is 15.8. The summed E-state index contributed by atoms with van der Waals surface area (Å²) < 4.78 is 0. The van der Waals surface area contributed by atoms with Gasteiger partial charge < -0.3 is 10.2 Å². The van der Waals surface area contributed by atoms with Crippen LogP contribution in [0.1, 0.15) is 51.5 Å². The molecule has 3 rings (SSSR count). The Kier molecular flexibility index (Phi) is 6.52. The zero-order valence-electron chi connectivity index (χ0n) is 14.2. The van der Waals surface area contributed by atoms with Gasteiger partial charge in [0.1, 0.15) is 0 Å². The summed E-state index contributed by atoms with van der Waals surface area (Å²) in [6.07, 6.45) is 5.38. The molecular weight excluding hydrogens is 328 g/mol. The third kappa shape index (κ3) is 4.49. The molecule has 0 aromatic carbocycles. The summed E-state index contributed by atoms with van der Waals surface area (Å²) in [5, 5.41) is 7.74. The van der Waals surface area contributed by atoms with Crippen molar-refractivity contribution in [2.75, 3.05) is 13.1 Å². The Morgan fingerprint density at radius 3 is 2.78 bits per heavy atom. The fraction of sp³-hybridized carbons (Fsp3) is 0.722. The van der Waals surface area contributed by atoms with Gasteiger partial charge in [0.05, 0.1) is 0 Å². The highest BCUT2D eigenvalue weighted by Gasteiger charge is 2.57. The Morgan fingerprint density at radius 1 is 1.43 bits per heavy atom. The molecule has 1 unspecified atom stereocenters. The van der Waals surface area contributed by atoms with Crippen LogP contribution in [0.4, 0.5) is 0 Å². The Hall–Kier alpha value is -0.580. The molecule has 1 saturated heterocycles. The second-order valence-electron chi connectivity index (χ2n) is 7.42. The minimum absolute atomic E-state index is 0. The molecule has 1 spiro atoms. The van der Waals surface area contributed by atoms with Crippen LogP contribution >= 0.6 is 23.7 Å². The van der Waals surface area contributed by atoms with Crippen LogP contribution in [0.25, 0.3) is 0 Å². The first-order chi connectivity index (χ1) is 10.6. The van der Waals surface area contributed by atoms with E-state index in [9.17, 15) is 4.79 Å². The van der Waals surface area contributed by atoms with Crippen molar-refractivity contribution in [2.24, 2.45) is 11.3 Å². The van der Waals surface area contributed by atoms with Crippen molar-refractivity contribution in [3.05, 3.63) is 22.4 Å². The van der Waals surface area contributed by atoms with Crippen LogP contribution in [0.3, 0.4) is 0 Å². The van der Waals surface area contributed by atoms with Crippen molar-refractivity contribution < 1.29 is 4.79 Å². The Balaban J connectivity index is 0.00000192. The average Bonchev–Trinajstić information content (AvgIpc) is 2.95. The number of carbonyl (C=O) groups excluding carboxylic acids is 1. The lowest BCUT2D eigenvalue weighted by atomic mass is 9.93. The first kappa shape index (κ1) is 18.8. The number of nitrogens with zero attached hydrogens (tertiary/aromatic N) is 1. The third-order valence-electron chi connectivity index (χ3n) is 5.31. The van der Waals surface area contributed by atoms with Gasteiger partial charge >= 0.3 is 0 Å². The van der Waals surface area contributed by atoms with Crippen LogP contribution in [0.15, 0.2) is 16.8 Å². The van der Waals surface area contributed by atoms with Crippen LogP contribution in [-0.4, -0.2) is 29.9 Å². The molecule has 1 saturated carbocycles. The molecule has 1 aliphatic carbocycles. The van der Waals surface area contributed by atoms with Crippen molar-refractivity contribution in [3.63, 3.8) is 0 Å². The summed E-state index contributed by atoms with van der Waals surface area (Å²) in [5.41, 5.74) is 1.72. The minimum Gasteiger partial charge on any atom is -0.335 e. The third-order valence-corrected chi connectivity index (χ3v) is 6.04. The Morgan fingerprint density at radius 2 is 2.17 bits per heavy atom. The van der Waals surface area contributed by atoms with Crippen LogP contribution < -0.4 is 5.32 Å². The van der Waals surface area contributed by atoms with Crippen molar-refractivity contribution >= 4 is 29.7 Å². The lowest BCUT2D eigenvalue weighted by molar-refractivity contribution is -0.133. The highest BCUT2D eigenvalue weighted by molar-refractivity contribution is 7.07. The monoisotopic (exact) mass is 356 g/mol. The van der Waals surface area contributed by atoms with Gasteiger partial charge in [0.15, 0.2) is 0 Å². The van der Waals surface area contributed by atoms with Crippen LogP contribution in [0.2, 0.25) is 0 Å². The van der Waals surface area contributed by atoms with Crippen LogP contribution in [0.5, 0.6) is 0 Å². The molecule has 0 bridgehead atoms. The van der Waals surface area contributed by atoms with Gasteiger partial charge in [-0.2, -0.15) is 11.3 Å². The summed E-state index contributed by atoms with van der Waals surface area (Å²) in [6, 6.07) is 2.64. The van der Waals surface area contributed by atoms with E-state index in [1.54, 1.807) is 11.3 Å². The second kappa shape index (κ2) is 8.00. The lowest BCUT2D eigenvalue weighted by Crippen LogP contribution is -2.39. The largest absolute Gasteiger partial charge is 0.335 e. The van der Waals surface area contributed by atoms with Gasteiger partial charge in [-0.15, -0.1) is 12.4 Å². The van der Waals surface area contributed by atoms with Gasteiger partial charge in [-0.1, -0.05) is 13.8 Å². The predicted molar refractivity (Wildman–Crippen MR) is 99.1 cm³/mol. The Labute approximate surface area is 150 Å². The predicted octanol–water partition coefficient (Wildman–Crippen LogP) is 4.08. The van der Waals surface area contributed by atoms with Crippen molar-refractivity contribution in [3.8, 4) is 0 Å². The number of nitrogens with one attached hydrogen (secondary N) is 1. The summed E-state index contributed by atoms with van der Waals surface area (Å²) in [7, 11) is 0. The number of thiophene rings is 1. The molecule has 1 N–H and O–H groups in total. The van der Waals surface area contributed by atoms with Gasteiger partial charge in [0, 0.05) is 19.0 Å². The normalized spacial score (nSPS) is 22.0. The second-order valence-corrected chi connectivity index (χ2v) is 8.20. The summed E-state index contributed by atoms with van der Waals surface area (Å²) >= 11 is 1.72. The number of piperidine rings is 1. The van der Waals surface area contributed by atoms with E-state index in [1.807, 2.05) is 0 Å². The number of amides is 1. The van der Waals surface area contributed by atoms with Gasteiger partial charge in [0.25, 0.3) is 0 Å². The van der Waals surface area contributed by atoms with E-state index in [0.717, 1.165) is 26.1 Å². The van der Waals surface area contributed by atoms with Gasteiger partial charge in [0.2, 0.25) is 5.91 Å². The maximum atomic E-state index is 12.8. The summed E-state index contributed by atoms with van der Waals surface area (Å²) in [4.78, 5) is 15.0. The maximum absolute atomic E-state index is 12.8. The minimum atomic E-state index is 0. The number of halogens is 1. The van der Waals surface area contributed by atoms with Crippen LogP contribution in [0, 0.1) is 11.3 Å². The van der Waals surface area contributed by atoms with Gasteiger partial charge in [-0.3, -0.25) is 4.79 Å². The lowest BCUT2D eigenvalue weighted by Gasteiger charge is -2.30. The first-order valence-electron chi connectivity index (χ1n) is 8.62. The van der Waals surface area contributed by atoms with Crippen LogP contribution in [-0.2, 0) is 11.3 Å². The molecule has 1 amide bonds. The molecule has 1 aliphatic heterocycles. The fourth-order valence-corrected chi connectivity index (χ4v) is 4.40.